The van der Waals surface area contributed by atoms with Gasteiger partial charge in [-0.15, -0.1) is 0 Å². The molecule has 0 amide bonds. The van der Waals surface area contributed by atoms with Gasteiger partial charge in [0, 0.05) is 6.54 Å². The molecule has 1 unspecified atom stereocenters. The zero-order valence-corrected chi connectivity index (χ0v) is 14.2. The van der Waals surface area contributed by atoms with Crippen molar-refractivity contribution in [1.29, 1.82) is 0 Å². The molecule has 0 aliphatic carbocycles. The molecule has 20 heavy (non-hydrogen) atoms. The maximum atomic E-state index is 4.41. The van der Waals surface area contributed by atoms with Gasteiger partial charge in [-0.1, -0.05) is 23.8 Å². The Kier molecular flexibility index (Phi) is 5.00. The highest BCUT2D eigenvalue weighted by Gasteiger charge is 2.19. The summed E-state index contributed by atoms with van der Waals surface area (Å²) in [6.07, 6.45) is 2.85. The zero-order valence-electron chi connectivity index (χ0n) is 12.6. The summed E-state index contributed by atoms with van der Waals surface area (Å²) >= 11 is 3.62. The summed E-state index contributed by atoms with van der Waals surface area (Å²) in [6, 6.07) is 6.90. The number of benzene rings is 1. The van der Waals surface area contributed by atoms with E-state index in [-0.39, 0.29) is 6.04 Å². The van der Waals surface area contributed by atoms with Crippen LogP contribution in [-0.2, 0) is 13.0 Å². The van der Waals surface area contributed by atoms with Gasteiger partial charge in [0.25, 0.3) is 0 Å². The highest BCUT2D eigenvalue weighted by Crippen LogP contribution is 2.27. The van der Waals surface area contributed by atoms with Crippen LogP contribution >= 0.6 is 15.9 Å². The van der Waals surface area contributed by atoms with Gasteiger partial charge in [0.2, 0.25) is 0 Å². The highest BCUT2D eigenvalue weighted by atomic mass is 79.9. The van der Waals surface area contributed by atoms with Gasteiger partial charge in [0.15, 0.2) is 0 Å². The van der Waals surface area contributed by atoms with Crippen molar-refractivity contribution in [3.05, 3.63) is 51.3 Å². The van der Waals surface area contributed by atoms with E-state index in [4.69, 9.17) is 0 Å². The minimum atomic E-state index is 0.257. The summed E-state index contributed by atoms with van der Waals surface area (Å²) in [5.74, 6) is 0. The SMILES string of the molecule is CCn1ncc(Br)c1C(Cc1cc(C)ccc1C)NC. The van der Waals surface area contributed by atoms with Crippen LogP contribution in [0.25, 0.3) is 0 Å². The molecule has 1 aromatic heterocycles. The molecule has 0 spiro atoms. The van der Waals surface area contributed by atoms with E-state index in [0.717, 1.165) is 17.4 Å². The van der Waals surface area contributed by atoms with Gasteiger partial charge in [-0.3, -0.25) is 4.68 Å². The third-order valence-corrected chi connectivity index (χ3v) is 4.35. The minimum absolute atomic E-state index is 0.257. The largest absolute Gasteiger partial charge is 0.311 e. The Morgan fingerprint density at radius 3 is 2.75 bits per heavy atom. The smallest absolute Gasteiger partial charge is 0.0698 e. The number of rotatable bonds is 5. The Hall–Kier alpha value is -1.13. The van der Waals surface area contributed by atoms with E-state index in [2.05, 4.69) is 70.0 Å². The normalized spacial score (nSPS) is 12.7. The van der Waals surface area contributed by atoms with E-state index < -0.39 is 0 Å². The molecule has 1 atom stereocenters. The van der Waals surface area contributed by atoms with Gasteiger partial charge < -0.3 is 5.32 Å². The molecule has 1 aromatic carbocycles. The molecule has 1 heterocycles. The van der Waals surface area contributed by atoms with Crippen LogP contribution in [0, 0.1) is 13.8 Å². The molecule has 2 aromatic rings. The lowest BCUT2D eigenvalue weighted by atomic mass is 9.97. The molecule has 0 saturated heterocycles. The van der Waals surface area contributed by atoms with Crippen LogP contribution in [0.5, 0.6) is 0 Å². The lowest BCUT2D eigenvalue weighted by Gasteiger charge is -2.20. The van der Waals surface area contributed by atoms with Gasteiger partial charge in [0.05, 0.1) is 22.4 Å². The second-order valence-electron chi connectivity index (χ2n) is 5.17. The predicted octanol–water partition coefficient (Wildman–Crippen LogP) is 3.79. The Balaban J connectivity index is 2.33. The molecule has 3 nitrogen and oxygen atoms in total. The fourth-order valence-electron chi connectivity index (χ4n) is 2.55. The number of hydrogen-bond donors (Lipinski definition) is 1. The Morgan fingerprint density at radius 2 is 2.10 bits per heavy atom. The summed E-state index contributed by atoms with van der Waals surface area (Å²) in [5, 5.41) is 7.84. The molecule has 2 rings (SSSR count). The molecule has 0 aliphatic heterocycles. The zero-order chi connectivity index (χ0) is 14.7. The van der Waals surface area contributed by atoms with E-state index in [1.165, 1.54) is 22.4 Å². The van der Waals surface area contributed by atoms with Crippen LogP contribution in [0.2, 0.25) is 0 Å². The quantitative estimate of drug-likeness (QED) is 0.900. The Morgan fingerprint density at radius 1 is 1.35 bits per heavy atom. The van der Waals surface area contributed by atoms with Crippen molar-refractivity contribution in [2.75, 3.05) is 7.05 Å². The van der Waals surface area contributed by atoms with E-state index in [1.54, 1.807) is 0 Å². The van der Waals surface area contributed by atoms with Crippen molar-refractivity contribution < 1.29 is 0 Å². The molecule has 108 valence electrons. The maximum Gasteiger partial charge on any atom is 0.0698 e. The molecule has 0 radical (unpaired) electrons. The summed E-state index contributed by atoms with van der Waals surface area (Å²) in [5.41, 5.74) is 5.26. The summed E-state index contributed by atoms with van der Waals surface area (Å²) in [7, 11) is 2.01. The average Bonchev–Trinajstić information content (AvgIpc) is 2.81. The number of nitrogens with zero attached hydrogens (tertiary/aromatic N) is 2. The molecule has 0 saturated carbocycles. The second-order valence-corrected chi connectivity index (χ2v) is 6.02. The summed E-state index contributed by atoms with van der Waals surface area (Å²) < 4.78 is 3.13. The number of nitrogens with one attached hydrogen (secondary N) is 1. The van der Waals surface area contributed by atoms with E-state index >= 15 is 0 Å². The lowest BCUT2D eigenvalue weighted by molar-refractivity contribution is 0.511. The van der Waals surface area contributed by atoms with Gasteiger partial charge in [-0.05, 0) is 61.3 Å². The van der Waals surface area contributed by atoms with Crippen LogP contribution in [-0.4, -0.2) is 16.8 Å². The first-order chi connectivity index (χ1) is 9.56. The Bertz CT molecular complexity index is 589. The van der Waals surface area contributed by atoms with Gasteiger partial charge >= 0.3 is 0 Å². The predicted molar refractivity (Wildman–Crippen MR) is 87.0 cm³/mol. The van der Waals surface area contributed by atoms with Crippen LogP contribution < -0.4 is 5.32 Å². The third kappa shape index (κ3) is 3.13. The highest BCUT2D eigenvalue weighted by molar-refractivity contribution is 9.10. The first-order valence-electron chi connectivity index (χ1n) is 7.01. The number of aromatic nitrogens is 2. The maximum absolute atomic E-state index is 4.41. The minimum Gasteiger partial charge on any atom is -0.311 e. The lowest BCUT2D eigenvalue weighted by Crippen LogP contribution is -2.23. The number of aryl methyl sites for hydroxylation is 3. The van der Waals surface area contributed by atoms with Gasteiger partial charge in [-0.2, -0.15) is 5.10 Å². The standard InChI is InChI=1S/C16H22BrN3/c1-5-20-16(14(17)10-19-20)15(18-4)9-13-8-11(2)6-7-12(13)3/h6-8,10,15,18H,5,9H2,1-4H3. The fourth-order valence-corrected chi connectivity index (χ4v) is 3.12. The van der Waals surface area contributed by atoms with Crippen molar-refractivity contribution in [2.45, 2.75) is 39.8 Å². The number of likely N-dealkylation sites (N-methyl/N-ethyl adjacent to an activating group) is 1. The molecule has 0 fully saturated rings. The van der Waals surface area contributed by atoms with Crippen molar-refractivity contribution in [3.63, 3.8) is 0 Å². The van der Waals surface area contributed by atoms with Crippen molar-refractivity contribution >= 4 is 15.9 Å². The molecule has 4 heteroatoms. The van der Waals surface area contributed by atoms with Crippen molar-refractivity contribution in [1.82, 2.24) is 15.1 Å². The van der Waals surface area contributed by atoms with Crippen LogP contribution in [0.15, 0.2) is 28.9 Å². The second kappa shape index (κ2) is 6.55. The summed E-state index contributed by atoms with van der Waals surface area (Å²) in [4.78, 5) is 0. The van der Waals surface area contributed by atoms with E-state index in [0.29, 0.717) is 0 Å². The van der Waals surface area contributed by atoms with Gasteiger partial charge in [0.1, 0.15) is 0 Å². The first kappa shape index (κ1) is 15.3. The van der Waals surface area contributed by atoms with Crippen LogP contribution in [0.4, 0.5) is 0 Å². The molecular formula is C16H22BrN3. The summed E-state index contributed by atoms with van der Waals surface area (Å²) in [6.45, 7) is 7.32. The van der Waals surface area contributed by atoms with Crippen LogP contribution in [0.1, 0.15) is 35.3 Å². The first-order valence-corrected chi connectivity index (χ1v) is 7.80. The Labute approximate surface area is 129 Å². The van der Waals surface area contributed by atoms with Gasteiger partial charge in [-0.25, -0.2) is 0 Å². The molecule has 0 aliphatic rings. The molecule has 1 N–H and O–H groups in total. The van der Waals surface area contributed by atoms with Crippen LogP contribution in [0.3, 0.4) is 0 Å². The third-order valence-electron chi connectivity index (χ3n) is 3.74. The number of hydrogen-bond acceptors (Lipinski definition) is 2. The van der Waals surface area contributed by atoms with Crippen molar-refractivity contribution in [3.8, 4) is 0 Å². The van der Waals surface area contributed by atoms with Crippen molar-refractivity contribution in [2.24, 2.45) is 0 Å². The average molecular weight is 336 g/mol. The monoisotopic (exact) mass is 335 g/mol. The topological polar surface area (TPSA) is 29.9 Å². The fraction of sp³-hybridized carbons (Fsp3) is 0.438. The number of halogens is 1. The van der Waals surface area contributed by atoms with E-state index in [9.17, 15) is 0 Å². The van der Waals surface area contributed by atoms with E-state index in [1.807, 2.05) is 13.2 Å². The molecular weight excluding hydrogens is 314 g/mol. The molecule has 0 bridgehead atoms.